The SMILES string of the molecule is N#Cc1ccc2c(c1)SCN=C2. The second-order valence-electron chi connectivity index (χ2n) is 2.45. The zero-order valence-electron chi connectivity index (χ0n) is 6.32. The number of nitriles is 1. The summed E-state index contributed by atoms with van der Waals surface area (Å²) in [6, 6.07) is 7.78. The predicted molar refractivity (Wildman–Crippen MR) is 49.5 cm³/mol. The maximum atomic E-state index is 8.65. The van der Waals surface area contributed by atoms with E-state index < -0.39 is 0 Å². The minimum atomic E-state index is 0.719. The molecule has 1 aliphatic rings. The molecule has 0 saturated carbocycles. The van der Waals surface area contributed by atoms with Crippen LogP contribution in [0, 0.1) is 11.3 Å². The molecule has 3 heteroatoms. The van der Waals surface area contributed by atoms with Gasteiger partial charge in [0.1, 0.15) is 0 Å². The zero-order chi connectivity index (χ0) is 8.39. The second kappa shape index (κ2) is 3.00. The minimum absolute atomic E-state index is 0.719. The van der Waals surface area contributed by atoms with E-state index in [-0.39, 0.29) is 0 Å². The number of hydrogen-bond donors (Lipinski definition) is 0. The van der Waals surface area contributed by atoms with Gasteiger partial charge in [0.25, 0.3) is 0 Å². The lowest BCUT2D eigenvalue weighted by Gasteiger charge is -2.08. The molecular weight excluding hydrogens is 168 g/mol. The second-order valence-corrected chi connectivity index (χ2v) is 3.44. The summed E-state index contributed by atoms with van der Waals surface area (Å²) in [7, 11) is 0. The van der Waals surface area contributed by atoms with Crippen LogP contribution in [0.2, 0.25) is 0 Å². The summed E-state index contributed by atoms with van der Waals surface area (Å²) in [5, 5.41) is 8.65. The zero-order valence-corrected chi connectivity index (χ0v) is 7.14. The van der Waals surface area contributed by atoms with Crippen molar-refractivity contribution in [3.05, 3.63) is 29.3 Å². The maximum Gasteiger partial charge on any atom is 0.0992 e. The normalized spacial score (nSPS) is 13.6. The fraction of sp³-hybridized carbons (Fsp3) is 0.111. The van der Waals surface area contributed by atoms with Gasteiger partial charge in [-0.25, -0.2) is 0 Å². The van der Waals surface area contributed by atoms with Crippen LogP contribution >= 0.6 is 11.8 Å². The Bertz CT molecular complexity index is 377. The van der Waals surface area contributed by atoms with Gasteiger partial charge in [-0.1, -0.05) is 6.07 Å². The summed E-state index contributed by atoms with van der Waals surface area (Å²) in [4.78, 5) is 5.29. The van der Waals surface area contributed by atoms with E-state index in [0.717, 1.165) is 21.9 Å². The molecule has 0 aliphatic carbocycles. The number of benzene rings is 1. The minimum Gasteiger partial charge on any atom is -0.281 e. The standard InChI is InChI=1S/C9H6N2S/c10-4-7-1-2-8-5-11-6-12-9(8)3-7/h1-3,5H,6H2. The van der Waals surface area contributed by atoms with Gasteiger partial charge in [-0.3, -0.25) is 4.99 Å². The van der Waals surface area contributed by atoms with Crippen molar-refractivity contribution in [2.24, 2.45) is 4.99 Å². The smallest absolute Gasteiger partial charge is 0.0992 e. The van der Waals surface area contributed by atoms with E-state index in [1.165, 1.54) is 0 Å². The van der Waals surface area contributed by atoms with Crippen LogP contribution < -0.4 is 0 Å². The Labute approximate surface area is 74.9 Å². The van der Waals surface area contributed by atoms with E-state index in [0.29, 0.717) is 0 Å². The van der Waals surface area contributed by atoms with Crippen molar-refractivity contribution >= 4 is 18.0 Å². The third-order valence-electron chi connectivity index (χ3n) is 1.67. The first kappa shape index (κ1) is 7.38. The molecule has 1 aromatic carbocycles. The Morgan fingerprint density at radius 1 is 1.50 bits per heavy atom. The van der Waals surface area contributed by atoms with E-state index in [9.17, 15) is 0 Å². The van der Waals surface area contributed by atoms with E-state index in [1.54, 1.807) is 11.8 Å². The third kappa shape index (κ3) is 1.21. The maximum absolute atomic E-state index is 8.65. The van der Waals surface area contributed by atoms with E-state index >= 15 is 0 Å². The Morgan fingerprint density at radius 3 is 3.25 bits per heavy atom. The third-order valence-corrected chi connectivity index (χ3v) is 2.61. The van der Waals surface area contributed by atoms with E-state index in [4.69, 9.17) is 5.26 Å². The molecule has 0 fully saturated rings. The first-order valence-corrected chi connectivity index (χ1v) is 4.55. The van der Waals surface area contributed by atoms with Gasteiger partial charge in [-0.15, -0.1) is 11.8 Å². The molecule has 0 unspecified atom stereocenters. The molecule has 0 spiro atoms. The lowest BCUT2D eigenvalue weighted by Crippen LogP contribution is -1.93. The van der Waals surface area contributed by atoms with Crippen LogP contribution in [-0.2, 0) is 0 Å². The van der Waals surface area contributed by atoms with Crippen molar-refractivity contribution in [3.63, 3.8) is 0 Å². The van der Waals surface area contributed by atoms with Gasteiger partial charge in [-0.2, -0.15) is 5.26 Å². The molecule has 12 heavy (non-hydrogen) atoms. The summed E-state index contributed by atoms with van der Waals surface area (Å²) in [6.45, 7) is 0. The molecule has 0 aromatic heterocycles. The molecule has 1 heterocycles. The average molecular weight is 174 g/mol. The van der Waals surface area contributed by atoms with Crippen molar-refractivity contribution in [1.82, 2.24) is 0 Å². The molecular formula is C9H6N2S. The molecule has 58 valence electrons. The summed E-state index contributed by atoms with van der Waals surface area (Å²) in [5.41, 5.74) is 1.84. The first-order valence-electron chi connectivity index (χ1n) is 3.57. The Kier molecular flexibility index (Phi) is 1.84. The topological polar surface area (TPSA) is 36.1 Å². The molecule has 0 saturated heterocycles. The largest absolute Gasteiger partial charge is 0.281 e. The highest BCUT2D eigenvalue weighted by Crippen LogP contribution is 2.25. The van der Waals surface area contributed by atoms with Crippen LogP contribution in [0.25, 0.3) is 0 Å². The lowest BCUT2D eigenvalue weighted by atomic mass is 10.1. The summed E-state index contributed by atoms with van der Waals surface area (Å²) in [5.74, 6) is 0.766. The molecule has 2 nitrogen and oxygen atoms in total. The molecule has 0 amide bonds. The van der Waals surface area contributed by atoms with Crippen LogP contribution in [0.1, 0.15) is 11.1 Å². The van der Waals surface area contributed by atoms with Crippen molar-refractivity contribution in [2.75, 3.05) is 5.88 Å². The summed E-state index contributed by atoms with van der Waals surface area (Å²) in [6.07, 6.45) is 1.85. The number of hydrogen-bond acceptors (Lipinski definition) is 3. The van der Waals surface area contributed by atoms with Gasteiger partial charge in [0.05, 0.1) is 17.5 Å². The van der Waals surface area contributed by atoms with Crippen LogP contribution in [-0.4, -0.2) is 12.1 Å². The van der Waals surface area contributed by atoms with Crippen LogP contribution in [0.5, 0.6) is 0 Å². The summed E-state index contributed by atoms with van der Waals surface area (Å²) < 4.78 is 0. The van der Waals surface area contributed by atoms with Crippen LogP contribution in [0.4, 0.5) is 0 Å². The number of nitrogens with zero attached hydrogens (tertiary/aromatic N) is 2. The van der Waals surface area contributed by atoms with Gasteiger partial charge >= 0.3 is 0 Å². The lowest BCUT2D eigenvalue weighted by molar-refractivity contribution is 1.30. The van der Waals surface area contributed by atoms with Gasteiger partial charge in [0.2, 0.25) is 0 Å². The number of fused-ring (bicyclic) bond motifs is 1. The molecule has 0 radical (unpaired) electrons. The summed E-state index contributed by atoms with van der Waals surface area (Å²) >= 11 is 1.67. The molecule has 0 atom stereocenters. The van der Waals surface area contributed by atoms with Gasteiger partial charge in [0.15, 0.2) is 0 Å². The van der Waals surface area contributed by atoms with Gasteiger partial charge < -0.3 is 0 Å². The molecule has 0 bridgehead atoms. The van der Waals surface area contributed by atoms with Crippen molar-refractivity contribution < 1.29 is 0 Å². The highest BCUT2D eigenvalue weighted by Gasteiger charge is 2.05. The Balaban J connectivity index is 2.53. The Morgan fingerprint density at radius 2 is 2.42 bits per heavy atom. The number of rotatable bonds is 0. The number of aliphatic imine (C=N–C) groups is 1. The number of thioether (sulfide) groups is 1. The monoisotopic (exact) mass is 174 g/mol. The Hall–Kier alpha value is -1.27. The van der Waals surface area contributed by atoms with Gasteiger partial charge in [-0.05, 0) is 12.1 Å². The predicted octanol–water partition coefficient (Wildman–Crippen LogP) is 2.04. The fourth-order valence-electron chi connectivity index (χ4n) is 1.08. The van der Waals surface area contributed by atoms with Crippen LogP contribution in [0.3, 0.4) is 0 Å². The van der Waals surface area contributed by atoms with E-state index in [1.807, 2.05) is 24.4 Å². The van der Waals surface area contributed by atoms with Crippen molar-refractivity contribution in [1.29, 1.82) is 5.26 Å². The molecule has 0 N–H and O–H groups in total. The first-order chi connectivity index (χ1) is 5.90. The van der Waals surface area contributed by atoms with Crippen molar-refractivity contribution in [3.8, 4) is 6.07 Å². The molecule has 2 rings (SSSR count). The van der Waals surface area contributed by atoms with Crippen LogP contribution in [0.15, 0.2) is 28.1 Å². The average Bonchev–Trinajstić information content (AvgIpc) is 2.17. The quantitative estimate of drug-likeness (QED) is 0.603. The highest BCUT2D eigenvalue weighted by molar-refractivity contribution is 7.99. The van der Waals surface area contributed by atoms with E-state index in [2.05, 4.69) is 11.1 Å². The highest BCUT2D eigenvalue weighted by atomic mass is 32.2. The van der Waals surface area contributed by atoms with Crippen molar-refractivity contribution in [2.45, 2.75) is 4.90 Å². The van der Waals surface area contributed by atoms with Gasteiger partial charge in [0, 0.05) is 16.7 Å². The fourth-order valence-corrected chi connectivity index (χ4v) is 1.86. The molecule has 1 aliphatic heterocycles. The molecule has 1 aromatic rings.